The number of unbranched alkanes of at least 4 members (excludes halogenated alkanes) is 4. The minimum absolute atomic E-state index is 0.237. The summed E-state index contributed by atoms with van der Waals surface area (Å²) in [5.74, 6) is 0.894. The van der Waals surface area contributed by atoms with E-state index < -0.39 is 7.60 Å². The highest BCUT2D eigenvalue weighted by Crippen LogP contribution is 2.50. The van der Waals surface area contributed by atoms with Gasteiger partial charge in [-0.2, -0.15) is 0 Å². The molecular weight excluding hydrogens is 242 g/mol. The maximum Gasteiger partial charge on any atom is 0.356 e. The van der Waals surface area contributed by atoms with Crippen LogP contribution in [0.25, 0.3) is 0 Å². The molecule has 0 spiro atoms. The summed E-state index contributed by atoms with van der Waals surface area (Å²) in [4.78, 5) is 0. The molecule has 0 saturated heterocycles. The van der Waals surface area contributed by atoms with Crippen LogP contribution in [-0.2, 0) is 13.6 Å². The van der Waals surface area contributed by atoms with Gasteiger partial charge in [-0.25, -0.2) is 4.39 Å². The van der Waals surface area contributed by atoms with E-state index in [4.69, 9.17) is 9.05 Å². The van der Waals surface area contributed by atoms with Gasteiger partial charge < -0.3 is 9.05 Å². The van der Waals surface area contributed by atoms with E-state index in [1.807, 2.05) is 0 Å². The molecule has 0 saturated carbocycles. The molecule has 0 aliphatic heterocycles. The van der Waals surface area contributed by atoms with E-state index in [9.17, 15) is 8.96 Å². The molecule has 0 heterocycles. The molecule has 0 rings (SSSR count). The van der Waals surface area contributed by atoms with E-state index in [1.165, 1.54) is 0 Å². The van der Waals surface area contributed by atoms with Crippen LogP contribution in [0.3, 0.4) is 0 Å². The van der Waals surface area contributed by atoms with E-state index in [0.29, 0.717) is 13.2 Å². The van der Waals surface area contributed by atoms with Gasteiger partial charge in [-0.3, -0.25) is 4.57 Å². The lowest BCUT2D eigenvalue weighted by Crippen LogP contribution is -1.97. The lowest BCUT2D eigenvalue weighted by Gasteiger charge is -2.14. The second kappa shape index (κ2) is 10.9. The third-order valence-corrected chi connectivity index (χ3v) is 3.84. The summed E-state index contributed by atoms with van der Waals surface area (Å²) in [6.45, 7) is 4.84. The molecule has 0 radical (unpaired) electrons. The molecular formula is C12H24FO3P. The quantitative estimate of drug-likeness (QED) is 0.388. The molecule has 0 aromatic rings. The molecule has 0 atom stereocenters. The summed E-state index contributed by atoms with van der Waals surface area (Å²) in [7, 11) is -3.36. The van der Waals surface area contributed by atoms with Gasteiger partial charge in [-0.15, -0.1) is 0 Å². The molecule has 0 unspecified atom stereocenters. The highest BCUT2D eigenvalue weighted by atomic mass is 31.2. The lowest BCUT2D eigenvalue weighted by molar-refractivity contribution is 0.206. The van der Waals surface area contributed by atoms with Crippen molar-refractivity contribution in [2.24, 2.45) is 0 Å². The molecule has 0 aliphatic carbocycles. The summed E-state index contributed by atoms with van der Waals surface area (Å²) in [5.41, 5.74) is 0. The molecule has 0 aromatic carbocycles. The minimum Gasteiger partial charge on any atom is -0.306 e. The van der Waals surface area contributed by atoms with Gasteiger partial charge in [0.25, 0.3) is 0 Å². The van der Waals surface area contributed by atoms with Crippen LogP contribution in [0.4, 0.5) is 4.39 Å². The number of hydrogen-bond donors (Lipinski definition) is 0. The van der Waals surface area contributed by atoms with Gasteiger partial charge in [0.1, 0.15) is 0 Å². The van der Waals surface area contributed by atoms with Gasteiger partial charge in [0, 0.05) is 0 Å². The van der Waals surface area contributed by atoms with Crippen LogP contribution in [0.15, 0.2) is 12.1 Å². The number of hydrogen-bond acceptors (Lipinski definition) is 3. The van der Waals surface area contributed by atoms with Crippen molar-refractivity contribution in [1.82, 2.24) is 0 Å². The first-order valence-electron chi connectivity index (χ1n) is 6.35. The molecule has 0 bridgehead atoms. The Morgan fingerprint density at radius 2 is 1.47 bits per heavy atom. The Morgan fingerprint density at radius 3 is 1.82 bits per heavy atom. The van der Waals surface area contributed by atoms with E-state index in [-0.39, 0.29) is 6.33 Å². The molecule has 0 N–H and O–H groups in total. The van der Waals surface area contributed by atoms with Crippen LogP contribution in [-0.4, -0.2) is 13.2 Å². The Morgan fingerprint density at radius 1 is 1.00 bits per heavy atom. The van der Waals surface area contributed by atoms with Crippen LogP contribution >= 0.6 is 7.60 Å². The van der Waals surface area contributed by atoms with Crippen LogP contribution < -0.4 is 0 Å². The Labute approximate surface area is 104 Å². The smallest absolute Gasteiger partial charge is 0.306 e. The Bertz CT molecular complexity index is 228. The Kier molecular flexibility index (Phi) is 10.8. The largest absolute Gasteiger partial charge is 0.356 e. The third kappa shape index (κ3) is 9.51. The third-order valence-electron chi connectivity index (χ3n) is 2.28. The SMILES string of the molecule is CCCCCOP(=O)(C=CF)OCCCCC. The zero-order valence-electron chi connectivity index (χ0n) is 10.9. The van der Waals surface area contributed by atoms with Gasteiger partial charge in [-0.05, 0) is 12.8 Å². The van der Waals surface area contributed by atoms with Gasteiger partial charge in [0.15, 0.2) is 0 Å². The summed E-state index contributed by atoms with van der Waals surface area (Å²) in [6, 6.07) is 0. The Balaban J connectivity index is 3.94. The molecule has 102 valence electrons. The van der Waals surface area contributed by atoms with Crippen LogP contribution in [0, 0.1) is 0 Å². The van der Waals surface area contributed by atoms with Crippen molar-refractivity contribution in [2.45, 2.75) is 52.4 Å². The molecule has 0 aliphatic rings. The lowest BCUT2D eigenvalue weighted by atomic mass is 10.3. The van der Waals surface area contributed by atoms with E-state index >= 15 is 0 Å². The van der Waals surface area contributed by atoms with Crippen molar-refractivity contribution in [1.29, 1.82) is 0 Å². The standard InChI is InChI=1S/C12H24FO3P/c1-3-5-7-10-15-17(14,12-9-13)16-11-8-6-4-2/h9,12H,3-8,10-11H2,1-2H3. The highest BCUT2D eigenvalue weighted by Gasteiger charge is 2.20. The van der Waals surface area contributed by atoms with E-state index in [0.717, 1.165) is 44.3 Å². The van der Waals surface area contributed by atoms with Crippen molar-refractivity contribution >= 4 is 7.60 Å². The fourth-order valence-electron chi connectivity index (χ4n) is 1.28. The maximum absolute atomic E-state index is 12.1. The molecule has 5 heteroatoms. The fourth-order valence-corrected chi connectivity index (χ4v) is 2.43. The monoisotopic (exact) mass is 266 g/mol. The van der Waals surface area contributed by atoms with Gasteiger partial charge >= 0.3 is 7.60 Å². The topological polar surface area (TPSA) is 35.5 Å². The number of rotatable bonds is 11. The summed E-state index contributed by atoms with van der Waals surface area (Å²) in [5, 5.41) is 0. The summed E-state index contributed by atoms with van der Waals surface area (Å²) >= 11 is 0. The highest BCUT2D eigenvalue weighted by molar-refractivity contribution is 7.57. The summed E-state index contributed by atoms with van der Waals surface area (Å²) in [6.07, 6.45) is 6.01. The van der Waals surface area contributed by atoms with E-state index in [2.05, 4.69) is 13.8 Å². The predicted octanol–water partition coefficient (Wildman–Crippen LogP) is 5.03. The normalized spacial score (nSPS) is 12.4. The zero-order valence-corrected chi connectivity index (χ0v) is 11.8. The second-order valence-electron chi connectivity index (χ2n) is 3.90. The first-order chi connectivity index (χ1) is 8.18. The molecule has 0 aromatic heterocycles. The Hall–Kier alpha value is -0.180. The fraction of sp³-hybridized carbons (Fsp3) is 0.833. The second-order valence-corrected chi connectivity index (χ2v) is 5.79. The van der Waals surface area contributed by atoms with Crippen molar-refractivity contribution in [2.75, 3.05) is 13.2 Å². The first-order valence-corrected chi connectivity index (χ1v) is 7.96. The van der Waals surface area contributed by atoms with Crippen LogP contribution in [0.5, 0.6) is 0 Å². The number of halogens is 1. The first kappa shape index (κ1) is 16.8. The van der Waals surface area contributed by atoms with Gasteiger partial charge in [0.2, 0.25) is 0 Å². The molecule has 0 amide bonds. The van der Waals surface area contributed by atoms with Gasteiger partial charge in [0.05, 0.1) is 25.4 Å². The summed E-state index contributed by atoms with van der Waals surface area (Å²) < 4.78 is 34.4. The van der Waals surface area contributed by atoms with Crippen molar-refractivity contribution in [3.05, 3.63) is 12.1 Å². The molecule has 0 fully saturated rings. The zero-order chi connectivity index (χ0) is 13.0. The van der Waals surface area contributed by atoms with Crippen LogP contribution in [0.1, 0.15) is 52.4 Å². The van der Waals surface area contributed by atoms with Gasteiger partial charge in [-0.1, -0.05) is 39.5 Å². The average molecular weight is 266 g/mol. The van der Waals surface area contributed by atoms with Crippen molar-refractivity contribution in [3.8, 4) is 0 Å². The average Bonchev–Trinajstić information content (AvgIpc) is 2.31. The van der Waals surface area contributed by atoms with Crippen molar-refractivity contribution in [3.63, 3.8) is 0 Å². The predicted molar refractivity (Wildman–Crippen MR) is 68.8 cm³/mol. The van der Waals surface area contributed by atoms with E-state index in [1.54, 1.807) is 0 Å². The maximum atomic E-state index is 12.1. The van der Waals surface area contributed by atoms with Crippen molar-refractivity contribution < 1.29 is 18.0 Å². The molecule has 17 heavy (non-hydrogen) atoms. The van der Waals surface area contributed by atoms with Crippen LogP contribution in [0.2, 0.25) is 0 Å². The molecule has 3 nitrogen and oxygen atoms in total. The minimum atomic E-state index is -3.36.